The molecule has 23 heavy (non-hydrogen) atoms. The maximum absolute atomic E-state index is 12.3. The summed E-state index contributed by atoms with van der Waals surface area (Å²) in [7, 11) is 0. The molecule has 0 aromatic heterocycles. The molecule has 3 rings (SSSR count). The van der Waals surface area contributed by atoms with Crippen molar-refractivity contribution >= 4 is 12.1 Å². The SMILES string of the molecule is O=C(O)[C@@H]1CN(C(=O)OCc2ccccc2)CC12CCOCC2. The van der Waals surface area contributed by atoms with Crippen LogP contribution >= 0.6 is 0 Å². The van der Waals surface area contributed by atoms with Gasteiger partial charge in [-0.05, 0) is 18.4 Å². The number of benzene rings is 1. The van der Waals surface area contributed by atoms with Crippen LogP contribution in [-0.2, 0) is 20.9 Å². The molecule has 1 aromatic carbocycles. The minimum Gasteiger partial charge on any atom is -0.481 e. The van der Waals surface area contributed by atoms with E-state index in [1.807, 2.05) is 30.3 Å². The van der Waals surface area contributed by atoms with Crippen molar-refractivity contribution in [1.82, 2.24) is 4.90 Å². The Morgan fingerprint density at radius 1 is 1.26 bits per heavy atom. The number of rotatable bonds is 3. The third kappa shape index (κ3) is 3.32. The van der Waals surface area contributed by atoms with E-state index in [9.17, 15) is 14.7 Å². The summed E-state index contributed by atoms with van der Waals surface area (Å²) in [6, 6.07) is 9.44. The maximum Gasteiger partial charge on any atom is 0.410 e. The molecule has 0 saturated carbocycles. The monoisotopic (exact) mass is 319 g/mol. The first-order valence-corrected chi connectivity index (χ1v) is 7.87. The molecule has 2 aliphatic rings. The lowest BCUT2D eigenvalue weighted by molar-refractivity contribution is -0.146. The molecule has 1 N–H and O–H groups in total. The molecule has 6 heteroatoms. The highest BCUT2D eigenvalue weighted by Crippen LogP contribution is 2.44. The van der Waals surface area contributed by atoms with Crippen LogP contribution in [0.3, 0.4) is 0 Å². The highest BCUT2D eigenvalue weighted by atomic mass is 16.6. The smallest absolute Gasteiger partial charge is 0.410 e. The number of nitrogens with zero attached hydrogens (tertiary/aromatic N) is 1. The first-order valence-electron chi connectivity index (χ1n) is 7.87. The van der Waals surface area contributed by atoms with Crippen molar-refractivity contribution in [2.45, 2.75) is 19.4 Å². The molecule has 1 spiro atoms. The number of carboxylic acids is 1. The van der Waals surface area contributed by atoms with E-state index in [2.05, 4.69) is 0 Å². The van der Waals surface area contributed by atoms with Crippen molar-refractivity contribution in [3.05, 3.63) is 35.9 Å². The Balaban J connectivity index is 1.64. The van der Waals surface area contributed by atoms with Crippen molar-refractivity contribution in [3.8, 4) is 0 Å². The zero-order chi connectivity index (χ0) is 16.3. The summed E-state index contributed by atoms with van der Waals surface area (Å²) in [5.41, 5.74) is 0.533. The molecule has 2 fully saturated rings. The maximum atomic E-state index is 12.3. The lowest BCUT2D eigenvalue weighted by Gasteiger charge is -2.35. The van der Waals surface area contributed by atoms with E-state index < -0.39 is 18.0 Å². The number of hydrogen-bond donors (Lipinski definition) is 1. The molecule has 0 aliphatic carbocycles. The molecule has 1 atom stereocenters. The van der Waals surface area contributed by atoms with Crippen molar-refractivity contribution < 1.29 is 24.2 Å². The van der Waals surface area contributed by atoms with Crippen molar-refractivity contribution in [2.75, 3.05) is 26.3 Å². The second-order valence-corrected chi connectivity index (χ2v) is 6.29. The van der Waals surface area contributed by atoms with E-state index in [-0.39, 0.29) is 18.6 Å². The fraction of sp³-hybridized carbons (Fsp3) is 0.529. The number of carbonyl (C=O) groups excluding carboxylic acids is 1. The topological polar surface area (TPSA) is 76.1 Å². The summed E-state index contributed by atoms with van der Waals surface area (Å²) in [5.74, 6) is -1.39. The van der Waals surface area contributed by atoms with E-state index in [4.69, 9.17) is 9.47 Å². The fourth-order valence-corrected chi connectivity index (χ4v) is 3.54. The average Bonchev–Trinajstić information content (AvgIpc) is 2.93. The van der Waals surface area contributed by atoms with E-state index in [0.29, 0.717) is 32.6 Å². The van der Waals surface area contributed by atoms with Crippen LogP contribution in [0.5, 0.6) is 0 Å². The Kier molecular flexibility index (Phi) is 4.52. The average molecular weight is 319 g/mol. The predicted molar refractivity (Wildman–Crippen MR) is 81.8 cm³/mol. The Morgan fingerprint density at radius 2 is 1.96 bits per heavy atom. The molecule has 124 valence electrons. The number of hydrogen-bond acceptors (Lipinski definition) is 4. The van der Waals surface area contributed by atoms with Gasteiger partial charge in [-0.15, -0.1) is 0 Å². The number of ether oxygens (including phenoxy) is 2. The summed E-state index contributed by atoms with van der Waals surface area (Å²) >= 11 is 0. The Labute approximate surface area is 135 Å². The minimum atomic E-state index is -0.842. The first kappa shape index (κ1) is 15.8. The quantitative estimate of drug-likeness (QED) is 0.923. The van der Waals surface area contributed by atoms with Crippen LogP contribution in [0.15, 0.2) is 30.3 Å². The van der Waals surface area contributed by atoms with Crippen molar-refractivity contribution in [3.63, 3.8) is 0 Å². The second kappa shape index (κ2) is 6.58. The van der Waals surface area contributed by atoms with Gasteiger partial charge in [-0.2, -0.15) is 0 Å². The lowest BCUT2D eigenvalue weighted by atomic mass is 9.72. The van der Waals surface area contributed by atoms with Gasteiger partial charge in [0.15, 0.2) is 0 Å². The van der Waals surface area contributed by atoms with Gasteiger partial charge in [-0.25, -0.2) is 4.79 Å². The van der Waals surface area contributed by atoms with Crippen LogP contribution in [0.2, 0.25) is 0 Å². The lowest BCUT2D eigenvalue weighted by Crippen LogP contribution is -2.40. The van der Waals surface area contributed by atoms with Crippen LogP contribution in [-0.4, -0.2) is 48.4 Å². The van der Waals surface area contributed by atoms with Gasteiger partial charge >= 0.3 is 12.1 Å². The van der Waals surface area contributed by atoms with Gasteiger partial charge in [0, 0.05) is 31.7 Å². The normalized spacial score (nSPS) is 23.0. The van der Waals surface area contributed by atoms with Gasteiger partial charge in [0.05, 0.1) is 5.92 Å². The number of likely N-dealkylation sites (tertiary alicyclic amines) is 1. The molecular formula is C17H21NO5. The predicted octanol–water partition coefficient (Wildman–Crippen LogP) is 2.14. The molecule has 2 heterocycles. The summed E-state index contributed by atoms with van der Waals surface area (Å²) in [6.45, 7) is 1.95. The van der Waals surface area contributed by atoms with E-state index in [1.165, 1.54) is 4.90 Å². The summed E-state index contributed by atoms with van der Waals surface area (Å²) in [6.07, 6.45) is 0.905. The highest BCUT2D eigenvalue weighted by molar-refractivity contribution is 5.75. The van der Waals surface area contributed by atoms with Crippen LogP contribution in [0.4, 0.5) is 4.79 Å². The second-order valence-electron chi connectivity index (χ2n) is 6.29. The summed E-state index contributed by atoms with van der Waals surface area (Å²) in [4.78, 5) is 25.4. The van der Waals surface area contributed by atoms with Gasteiger partial charge in [-0.1, -0.05) is 30.3 Å². The molecule has 1 amide bonds. The van der Waals surface area contributed by atoms with Gasteiger partial charge in [0.2, 0.25) is 0 Å². The molecule has 0 bridgehead atoms. The van der Waals surface area contributed by atoms with Crippen molar-refractivity contribution in [1.29, 1.82) is 0 Å². The number of carbonyl (C=O) groups is 2. The van der Waals surface area contributed by atoms with Crippen LogP contribution in [0.25, 0.3) is 0 Å². The van der Waals surface area contributed by atoms with Crippen LogP contribution in [0.1, 0.15) is 18.4 Å². The molecular weight excluding hydrogens is 298 g/mol. The van der Waals surface area contributed by atoms with E-state index in [1.54, 1.807) is 0 Å². The third-order valence-corrected chi connectivity index (χ3v) is 4.90. The largest absolute Gasteiger partial charge is 0.481 e. The van der Waals surface area contributed by atoms with Gasteiger partial charge in [0.25, 0.3) is 0 Å². The Hall–Kier alpha value is -2.08. The third-order valence-electron chi connectivity index (χ3n) is 4.90. The zero-order valence-electron chi connectivity index (χ0n) is 12.9. The van der Waals surface area contributed by atoms with E-state index >= 15 is 0 Å². The standard InChI is InChI=1S/C17H21NO5/c19-15(20)14-10-18(12-17(14)6-8-22-9-7-17)16(21)23-11-13-4-2-1-3-5-13/h1-5,14H,6-12H2,(H,19,20)/t14-/m0/s1. The Morgan fingerprint density at radius 3 is 2.61 bits per heavy atom. The van der Waals surface area contributed by atoms with Crippen molar-refractivity contribution in [2.24, 2.45) is 11.3 Å². The van der Waals surface area contributed by atoms with Gasteiger partial charge in [-0.3, -0.25) is 4.79 Å². The Bertz CT molecular complexity index is 568. The summed E-state index contributed by atoms with van der Waals surface area (Å²) in [5, 5.41) is 9.52. The zero-order valence-corrected chi connectivity index (χ0v) is 12.9. The first-order chi connectivity index (χ1) is 11.1. The molecule has 2 saturated heterocycles. The van der Waals surface area contributed by atoms with Crippen LogP contribution < -0.4 is 0 Å². The number of carboxylic acid groups (broad SMARTS) is 1. The molecule has 0 radical (unpaired) electrons. The molecule has 2 aliphatic heterocycles. The fourth-order valence-electron chi connectivity index (χ4n) is 3.54. The van der Waals surface area contributed by atoms with E-state index in [0.717, 1.165) is 5.56 Å². The number of amides is 1. The highest BCUT2D eigenvalue weighted by Gasteiger charge is 2.52. The summed E-state index contributed by atoms with van der Waals surface area (Å²) < 4.78 is 10.7. The molecule has 0 unspecified atom stereocenters. The van der Waals surface area contributed by atoms with Crippen LogP contribution in [0, 0.1) is 11.3 Å². The number of aliphatic carboxylic acids is 1. The van der Waals surface area contributed by atoms with Gasteiger partial charge < -0.3 is 19.5 Å². The molecule has 6 nitrogen and oxygen atoms in total. The van der Waals surface area contributed by atoms with Gasteiger partial charge in [0.1, 0.15) is 6.61 Å². The minimum absolute atomic E-state index is 0.198. The molecule has 1 aromatic rings.